The molecular formula is C63H96N12O15S. The molecule has 10 N–H and O–H groups in total. The lowest BCUT2D eigenvalue weighted by atomic mass is 9.92. The number of aliphatic carboxylic acids is 1. The number of thiazole rings is 1. The number of rotatable bonds is 34. The highest BCUT2D eigenvalue weighted by atomic mass is 32.1. The van der Waals surface area contributed by atoms with E-state index in [2.05, 4.69) is 42.2 Å². The van der Waals surface area contributed by atoms with Crippen LogP contribution < -0.4 is 43.0 Å². The van der Waals surface area contributed by atoms with E-state index in [0.29, 0.717) is 41.3 Å². The molecule has 1 aromatic heterocycles. The zero-order valence-electron chi connectivity index (χ0n) is 54.8. The normalized spacial score (nSPS) is 17.3. The number of anilines is 1. The Morgan fingerprint density at radius 2 is 1.49 bits per heavy atom. The first kappa shape index (κ1) is 75.4. The van der Waals surface area contributed by atoms with Gasteiger partial charge in [0.25, 0.3) is 17.7 Å². The molecule has 2 aliphatic heterocycles. The molecular weight excluding hydrogens is 1200 g/mol. The molecule has 0 bridgehead atoms. The number of likely N-dealkylation sites (N-methyl/N-ethyl adjacent to an activating group) is 1. The molecule has 0 radical (unpaired) electrons. The molecule has 10 atom stereocenters. The summed E-state index contributed by atoms with van der Waals surface area (Å²) in [5, 5.41) is 30.7. The van der Waals surface area contributed by atoms with E-state index in [0.717, 1.165) is 42.9 Å². The van der Waals surface area contributed by atoms with E-state index >= 15 is 0 Å². The second kappa shape index (κ2) is 35.6. The lowest BCUT2D eigenvalue weighted by molar-refractivity contribution is -0.150. The molecule has 91 heavy (non-hydrogen) atoms. The Hall–Kier alpha value is -8.01. The van der Waals surface area contributed by atoms with Crippen LogP contribution in [0.15, 0.2) is 41.8 Å². The maximum atomic E-state index is 14.8. The summed E-state index contributed by atoms with van der Waals surface area (Å²) in [7, 11) is 1.92. The molecule has 2 aromatic rings. The van der Waals surface area contributed by atoms with Crippen molar-refractivity contribution in [1.29, 1.82) is 0 Å². The number of hydrogen-bond donors (Lipinski definition) is 9. The fourth-order valence-corrected chi connectivity index (χ4v) is 11.5. The third-order valence-corrected chi connectivity index (χ3v) is 16.7. The number of esters is 1. The van der Waals surface area contributed by atoms with E-state index in [9.17, 15) is 62.6 Å². The second-order valence-electron chi connectivity index (χ2n) is 25.2. The number of urea groups is 1. The van der Waals surface area contributed by atoms with Gasteiger partial charge < -0.3 is 62.4 Å². The minimum atomic E-state index is -1.62. The summed E-state index contributed by atoms with van der Waals surface area (Å²) in [6.45, 7) is 21.3. The van der Waals surface area contributed by atoms with Gasteiger partial charge in [-0.15, -0.1) is 11.3 Å². The number of benzene rings is 1. The van der Waals surface area contributed by atoms with E-state index in [1.54, 1.807) is 63.8 Å². The monoisotopic (exact) mass is 1290 g/mol. The van der Waals surface area contributed by atoms with Crippen LogP contribution in [0.25, 0.3) is 0 Å². The Morgan fingerprint density at radius 1 is 0.835 bits per heavy atom. The number of amides is 11. The molecule has 0 aliphatic carbocycles. The molecule has 2 aliphatic rings. The Bertz CT molecular complexity index is 2890. The number of hydrogen-bond acceptors (Lipinski definition) is 17. The van der Waals surface area contributed by atoms with Gasteiger partial charge >= 0.3 is 24.1 Å². The van der Waals surface area contributed by atoms with E-state index in [-0.39, 0.29) is 79.7 Å². The van der Waals surface area contributed by atoms with Crippen molar-refractivity contribution in [3.8, 4) is 0 Å². The molecule has 4 rings (SSSR count). The van der Waals surface area contributed by atoms with E-state index in [4.69, 9.17) is 15.2 Å². The number of alkyl carbamates (subject to hydrolysis) is 1. The van der Waals surface area contributed by atoms with Gasteiger partial charge in [0.05, 0.1) is 18.5 Å². The Balaban J connectivity index is 1.54. The quantitative estimate of drug-likeness (QED) is 0.0260. The number of primary amides is 1. The number of piperidine rings is 1. The predicted octanol–water partition coefficient (Wildman–Crippen LogP) is 4.70. The maximum Gasteiger partial charge on any atom is 0.407 e. The van der Waals surface area contributed by atoms with Crippen LogP contribution in [0, 0.1) is 23.7 Å². The van der Waals surface area contributed by atoms with Crippen molar-refractivity contribution in [3.05, 3.63) is 58.1 Å². The Labute approximate surface area is 537 Å². The molecule has 27 nitrogen and oxygen atoms in total. The van der Waals surface area contributed by atoms with Gasteiger partial charge in [0.15, 0.2) is 6.10 Å². The van der Waals surface area contributed by atoms with Gasteiger partial charge in [-0.2, -0.15) is 0 Å². The first-order valence-corrected chi connectivity index (χ1v) is 32.2. The topological polar surface area (TPSA) is 376 Å². The van der Waals surface area contributed by atoms with Gasteiger partial charge in [-0.05, 0) is 115 Å². The number of aromatic nitrogens is 1. The van der Waals surface area contributed by atoms with Crippen LogP contribution in [0.2, 0.25) is 0 Å². The van der Waals surface area contributed by atoms with Gasteiger partial charge in [-0.1, -0.05) is 80.4 Å². The van der Waals surface area contributed by atoms with Crippen molar-refractivity contribution < 1.29 is 72.1 Å². The first-order valence-electron chi connectivity index (χ1n) is 31.3. The lowest BCUT2D eigenvalue weighted by Crippen LogP contribution is -2.60. The van der Waals surface area contributed by atoms with Crippen molar-refractivity contribution in [1.82, 2.24) is 51.6 Å². The summed E-state index contributed by atoms with van der Waals surface area (Å²) in [6.07, 6.45) is 4.22. The van der Waals surface area contributed by atoms with E-state index in [1.807, 2.05) is 46.6 Å². The standard InChI is InChI=1S/C63H96N12O15S/c1-14-28-74(59(84)52(37(7)15-2)72-55(81)45-20-16-17-29-73(45)13)46(35(3)4)32-48(89-39(9)76)58-70-44(34-91-58)54(80)68-42(30-38(8)60(85)86)31-40-21-23-41(24-22-40)67-53(79)43(19-18-27-65-61(64)87)69-57(83)51(36(5)6)71-56(82)47(75-49(77)25-26-50(75)78)33-66-62(88)90-63(10,11)12/h21-26,34-38,42-43,45-48,51-52H,14-20,27-33H2,1-13H3,(H,66,88)(H,67,79)(H,68,80)(H,69,83)(H,71,82)(H,72,81)(H,85,86)(H3,64,65,87)/t37-,38-,42+,43-,45+,46+,47-,48+,51-,52-/m0/s1. The largest absolute Gasteiger partial charge is 0.481 e. The summed E-state index contributed by atoms with van der Waals surface area (Å²) < 4.78 is 11.2. The second-order valence-corrected chi connectivity index (χ2v) is 26.0. The van der Waals surface area contributed by atoms with Gasteiger partial charge in [0, 0.05) is 61.7 Å². The third kappa shape index (κ3) is 23.6. The molecule has 28 heteroatoms. The number of carboxylic acid groups (broad SMARTS) is 1. The van der Waals surface area contributed by atoms with Crippen LogP contribution >= 0.6 is 11.3 Å². The zero-order chi connectivity index (χ0) is 68.0. The van der Waals surface area contributed by atoms with Crippen LogP contribution in [-0.2, 0) is 59.0 Å². The fraction of sp³-hybridized carbons (Fsp3) is 0.635. The number of nitrogens with one attached hydrogen (secondary N) is 7. The van der Waals surface area contributed by atoms with Gasteiger partial charge in [0.2, 0.25) is 29.5 Å². The first-order chi connectivity index (χ1) is 42.7. The highest BCUT2D eigenvalue weighted by Gasteiger charge is 2.41. The van der Waals surface area contributed by atoms with Gasteiger partial charge in [-0.3, -0.25) is 57.7 Å². The Kier molecular flexibility index (Phi) is 29.5. The van der Waals surface area contributed by atoms with Gasteiger partial charge in [-0.25, -0.2) is 14.6 Å². The van der Waals surface area contributed by atoms with Crippen molar-refractivity contribution in [3.63, 3.8) is 0 Å². The smallest absolute Gasteiger partial charge is 0.407 e. The number of carbonyl (C=O) groups excluding carboxylic acids is 11. The van der Waals surface area contributed by atoms with Crippen molar-refractivity contribution in [2.24, 2.45) is 29.4 Å². The molecule has 504 valence electrons. The minimum absolute atomic E-state index is 0.00139. The average Bonchev–Trinajstić information content (AvgIpc) is 1.91. The number of nitrogens with two attached hydrogens (primary N) is 1. The van der Waals surface area contributed by atoms with E-state index in [1.165, 1.54) is 19.2 Å². The SMILES string of the molecule is CCCN(C(=O)[C@@H](NC(=O)[C@H]1CCCCN1C)[C@@H](C)CC)[C@H](C[C@@H](OC(C)=O)c1nc(C(=O)N[C@@H](Cc2ccc(NC(=O)[C@H](CCCNC(N)=O)NC(=O)[C@@H](NC(=O)[C@H](CNC(=O)OC(C)(C)C)N3C(=O)C=CC3=O)C(C)C)cc2)C[C@H](C)C(=O)O)cs1)C(C)C. The van der Waals surface area contributed by atoms with Crippen molar-refractivity contribution in [2.45, 2.75) is 201 Å². The molecule has 1 fully saturated rings. The highest BCUT2D eigenvalue weighted by molar-refractivity contribution is 7.09. The summed E-state index contributed by atoms with van der Waals surface area (Å²) >= 11 is 1.09. The summed E-state index contributed by atoms with van der Waals surface area (Å²) in [4.78, 5) is 169. The summed E-state index contributed by atoms with van der Waals surface area (Å²) in [6, 6.07) is -1.02. The van der Waals surface area contributed by atoms with Crippen LogP contribution in [0.4, 0.5) is 15.3 Å². The minimum Gasteiger partial charge on any atom is -0.481 e. The number of carbonyl (C=O) groups is 12. The number of nitrogens with zero attached hydrogens (tertiary/aromatic N) is 4. The van der Waals surface area contributed by atoms with Crippen LogP contribution in [0.5, 0.6) is 0 Å². The number of likely N-dealkylation sites (tertiary alicyclic amines) is 1. The van der Waals surface area contributed by atoms with Gasteiger partial charge in [0.1, 0.15) is 40.5 Å². The molecule has 1 saturated heterocycles. The van der Waals surface area contributed by atoms with Crippen molar-refractivity contribution in [2.75, 3.05) is 38.5 Å². The fourth-order valence-electron chi connectivity index (χ4n) is 10.7. The average molecular weight is 1290 g/mol. The van der Waals surface area contributed by atoms with Crippen LogP contribution in [0.1, 0.15) is 168 Å². The predicted molar refractivity (Wildman–Crippen MR) is 340 cm³/mol. The highest BCUT2D eigenvalue weighted by Crippen LogP contribution is 2.32. The molecule has 0 spiro atoms. The summed E-state index contributed by atoms with van der Waals surface area (Å²) in [5.74, 6) is -8.79. The molecule has 0 unspecified atom stereocenters. The molecule has 0 saturated carbocycles. The van der Waals surface area contributed by atoms with E-state index < -0.39 is 126 Å². The van der Waals surface area contributed by atoms with Crippen molar-refractivity contribution >= 4 is 88.3 Å². The number of imide groups is 1. The lowest BCUT2D eigenvalue weighted by Gasteiger charge is -2.40. The van der Waals surface area contributed by atoms with Crippen LogP contribution in [0.3, 0.4) is 0 Å². The summed E-state index contributed by atoms with van der Waals surface area (Å²) in [5.41, 5.74) is 5.22. The van der Waals surface area contributed by atoms with Crippen LogP contribution in [-0.4, -0.2) is 177 Å². The third-order valence-electron chi connectivity index (χ3n) is 15.8. The Morgan fingerprint density at radius 3 is 2.05 bits per heavy atom. The molecule has 1 aromatic carbocycles. The number of ether oxygens (including phenoxy) is 2. The molecule has 11 amide bonds. The number of carboxylic acids is 1. The molecule has 3 heterocycles. The zero-order valence-corrected chi connectivity index (χ0v) is 55.6. The maximum absolute atomic E-state index is 14.8.